The zero-order chi connectivity index (χ0) is 16.5. The molecule has 1 aromatic heterocycles. The van der Waals surface area contributed by atoms with E-state index in [2.05, 4.69) is 10.1 Å². The van der Waals surface area contributed by atoms with E-state index in [-0.39, 0.29) is 23.7 Å². The quantitative estimate of drug-likeness (QED) is 0.861. The smallest absolute Gasteiger partial charge is 0.249 e. The zero-order valence-electron chi connectivity index (χ0n) is 13.4. The summed E-state index contributed by atoms with van der Waals surface area (Å²) in [5.74, 6) is 0.874. The van der Waals surface area contributed by atoms with Crippen LogP contribution in [-0.2, 0) is 4.79 Å². The van der Waals surface area contributed by atoms with E-state index < -0.39 is 0 Å². The van der Waals surface area contributed by atoms with Gasteiger partial charge in [0.25, 0.3) is 0 Å². The molecule has 0 N–H and O–H groups in total. The van der Waals surface area contributed by atoms with Crippen LogP contribution in [0.4, 0.5) is 4.39 Å². The van der Waals surface area contributed by atoms with Gasteiger partial charge in [-0.3, -0.25) is 4.79 Å². The average Bonchev–Trinajstić information content (AvgIpc) is 3.03. The summed E-state index contributed by atoms with van der Waals surface area (Å²) < 4.78 is 18.8. The maximum atomic E-state index is 13.4. The van der Waals surface area contributed by atoms with Crippen molar-refractivity contribution >= 4 is 5.91 Å². The number of carbonyl (C=O) groups excluding carboxylic acids is 1. The van der Waals surface area contributed by atoms with Gasteiger partial charge in [-0.1, -0.05) is 23.7 Å². The topological polar surface area (TPSA) is 59.2 Å². The van der Waals surface area contributed by atoms with Crippen LogP contribution in [0.5, 0.6) is 0 Å². The van der Waals surface area contributed by atoms with Crippen molar-refractivity contribution in [1.29, 1.82) is 0 Å². The average molecular weight is 329 g/mol. The van der Waals surface area contributed by atoms with Crippen LogP contribution >= 0.6 is 0 Å². The molecule has 6 heteroatoms. The third-order valence-corrected chi connectivity index (χ3v) is 5.05. The van der Waals surface area contributed by atoms with E-state index >= 15 is 0 Å². The van der Waals surface area contributed by atoms with Crippen molar-refractivity contribution in [1.82, 2.24) is 15.0 Å². The Morgan fingerprint density at radius 1 is 1.21 bits per heavy atom. The van der Waals surface area contributed by atoms with Crippen molar-refractivity contribution in [2.45, 2.75) is 44.6 Å². The number of hydrogen-bond donors (Lipinski definition) is 0. The summed E-state index contributed by atoms with van der Waals surface area (Å²) in [6.45, 7) is 0.748. The van der Waals surface area contributed by atoms with Gasteiger partial charge in [0.05, 0.1) is 0 Å². The highest BCUT2D eigenvalue weighted by Gasteiger charge is 2.37. The van der Waals surface area contributed by atoms with Gasteiger partial charge < -0.3 is 9.42 Å². The van der Waals surface area contributed by atoms with Crippen molar-refractivity contribution in [3.05, 3.63) is 36.0 Å². The van der Waals surface area contributed by atoms with Crippen molar-refractivity contribution < 1.29 is 13.7 Å². The normalized spacial score (nSPS) is 21.5. The molecule has 1 saturated heterocycles. The zero-order valence-corrected chi connectivity index (χ0v) is 13.4. The molecular formula is C18H20FN3O2. The third kappa shape index (κ3) is 2.81. The number of hydrogen-bond acceptors (Lipinski definition) is 4. The minimum atomic E-state index is -0.335. The Morgan fingerprint density at radius 3 is 2.83 bits per heavy atom. The molecule has 1 aliphatic carbocycles. The predicted molar refractivity (Wildman–Crippen MR) is 85.3 cm³/mol. The second kappa shape index (κ2) is 6.34. The Bertz CT molecular complexity index is 741. The molecule has 1 amide bonds. The Balaban J connectivity index is 1.58. The van der Waals surface area contributed by atoms with E-state index in [0.717, 1.165) is 45.1 Å². The Hall–Kier alpha value is -2.24. The molecule has 0 unspecified atom stereocenters. The van der Waals surface area contributed by atoms with E-state index in [1.165, 1.54) is 12.1 Å². The lowest BCUT2D eigenvalue weighted by molar-refractivity contribution is -0.142. The number of likely N-dealkylation sites (tertiary alicyclic amines) is 1. The van der Waals surface area contributed by atoms with Crippen LogP contribution < -0.4 is 0 Å². The lowest BCUT2D eigenvalue weighted by Gasteiger charge is -2.38. The Kier molecular flexibility index (Phi) is 4.04. The van der Waals surface area contributed by atoms with E-state index in [9.17, 15) is 9.18 Å². The highest BCUT2D eigenvalue weighted by atomic mass is 19.1. The Morgan fingerprint density at radius 2 is 2.08 bits per heavy atom. The fraction of sp³-hybridized carbons (Fsp3) is 0.500. The number of nitrogens with zero attached hydrogens (tertiary/aromatic N) is 3. The number of halogens is 1. The highest BCUT2D eigenvalue weighted by Crippen LogP contribution is 2.36. The minimum absolute atomic E-state index is 0.151. The predicted octanol–water partition coefficient (Wildman–Crippen LogP) is 3.73. The first-order valence-electron chi connectivity index (χ1n) is 8.62. The molecular weight excluding hydrogens is 309 g/mol. The lowest BCUT2D eigenvalue weighted by Crippen LogP contribution is -2.43. The fourth-order valence-electron chi connectivity index (χ4n) is 3.46. The maximum Gasteiger partial charge on any atom is 0.249 e. The second-order valence-electron chi connectivity index (χ2n) is 6.64. The first-order chi connectivity index (χ1) is 11.7. The number of benzene rings is 1. The summed E-state index contributed by atoms with van der Waals surface area (Å²) >= 11 is 0. The molecule has 1 aromatic carbocycles. The molecule has 2 heterocycles. The number of carbonyl (C=O) groups is 1. The molecule has 2 fully saturated rings. The van der Waals surface area contributed by atoms with Crippen LogP contribution in [0, 0.1) is 11.7 Å². The van der Waals surface area contributed by atoms with Crippen molar-refractivity contribution in [2.24, 2.45) is 5.92 Å². The molecule has 2 aromatic rings. The monoisotopic (exact) mass is 329 g/mol. The molecule has 126 valence electrons. The second-order valence-corrected chi connectivity index (χ2v) is 6.64. The molecule has 24 heavy (non-hydrogen) atoms. The van der Waals surface area contributed by atoms with Crippen LogP contribution in [0.15, 0.2) is 28.8 Å². The number of aromatic nitrogens is 2. The van der Waals surface area contributed by atoms with Crippen LogP contribution in [0.25, 0.3) is 11.4 Å². The van der Waals surface area contributed by atoms with E-state index in [1.807, 2.05) is 4.90 Å². The SMILES string of the molecule is O=C(C1CCC1)N1CCCC[C@@H]1c1nc(-c2cccc(F)c2)no1. The van der Waals surface area contributed by atoms with Gasteiger partial charge in [0.15, 0.2) is 0 Å². The van der Waals surface area contributed by atoms with E-state index in [1.54, 1.807) is 12.1 Å². The molecule has 0 spiro atoms. The van der Waals surface area contributed by atoms with E-state index in [4.69, 9.17) is 4.52 Å². The summed E-state index contributed by atoms with van der Waals surface area (Å²) in [6, 6.07) is 5.97. The molecule has 1 aliphatic heterocycles. The summed E-state index contributed by atoms with van der Waals surface area (Å²) in [4.78, 5) is 19.0. The molecule has 0 radical (unpaired) electrons. The van der Waals surface area contributed by atoms with Crippen molar-refractivity contribution in [3.63, 3.8) is 0 Å². The molecule has 5 nitrogen and oxygen atoms in total. The molecule has 1 atom stereocenters. The van der Waals surface area contributed by atoms with Gasteiger partial charge in [-0.05, 0) is 44.2 Å². The number of piperidine rings is 1. The molecule has 1 saturated carbocycles. The first kappa shape index (κ1) is 15.3. The lowest BCUT2D eigenvalue weighted by atomic mass is 9.83. The number of amides is 1. The van der Waals surface area contributed by atoms with Gasteiger partial charge in [-0.25, -0.2) is 4.39 Å². The Labute approximate surface area is 139 Å². The van der Waals surface area contributed by atoms with Crippen molar-refractivity contribution in [2.75, 3.05) is 6.54 Å². The van der Waals surface area contributed by atoms with Gasteiger partial charge in [-0.2, -0.15) is 4.98 Å². The largest absolute Gasteiger partial charge is 0.337 e. The third-order valence-electron chi connectivity index (χ3n) is 5.05. The molecule has 0 bridgehead atoms. The maximum absolute atomic E-state index is 13.4. The highest BCUT2D eigenvalue weighted by molar-refractivity contribution is 5.80. The van der Waals surface area contributed by atoms with Crippen LogP contribution in [0.2, 0.25) is 0 Å². The molecule has 4 rings (SSSR count). The summed E-state index contributed by atoms with van der Waals surface area (Å²) in [5.41, 5.74) is 0.581. The van der Waals surface area contributed by atoms with Gasteiger partial charge in [0.2, 0.25) is 17.6 Å². The summed E-state index contributed by atoms with van der Waals surface area (Å²) in [6.07, 6.45) is 6.00. The van der Waals surface area contributed by atoms with Crippen LogP contribution in [0.3, 0.4) is 0 Å². The summed E-state index contributed by atoms with van der Waals surface area (Å²) in [5, 5.41) is 3.98. The summed E-state index contributed by atoms with van der Waals surface area (Å²) in [7, 11) is 0. The van der Waals surface area contributed by atoms with Gasteiger partial charge in [0, 0.05) is 18.0 Å². The van der Waals surface area contributed by atoms with Gasteiger partial charge in [-0.15, -0.1) is 0 Å². The molecule has 2 aliphatic rings. The minimum Gasteiger partial charge on any atom is -0.337 e. The standard InChI is InChI=1S/C18H20FN3O2/c19-14-8-4-7-13(11-14)16-20-17(24-21-16)15-9-1-2-10-22(15)18(23)12-5-3-6-12/h4,7-8,11-12,15H,1-3,5-6,9-10H2/t15-/m1/s1. The van der Waals surface area contributed by atoms with Crippen molar-refractivity contribution in [3.8, 4) is 11.4 Å². The van der Waals surface area contributed by atoms with Crippen LogP contribution in [-0.4, -0.2) is 27.5 Å². The van der Waals surface area contributed by atoms with E-state index in [0.29, 0.717) is 17.3 Å². The van der Waals surface area contributed by atoms with Gasteiger partial charge in [0.1, 0.15) is 11.9 Å². The van der Waals surface area contributed by atoms with Gasteiger partial charge >= 0.3 is 0 Å². The number of rotatable bonds is 3. The fourth-order valence-corrected chi connectivity index (χ4v) is 3.46. The first-order valence-corrected chi connectivity index (χ1v) is 8.62. The van der Waals surface area contributed by atoms with Crippen LogP contribution in [0.1, 0.15) is 50.5 Å².